The molecule has 7 heteroatoms. The van der Waals surface area contributed by atoms with Gasteiger partial charge in [0.25, 0.3) is 0 Å². The summed E-state index contributed by atoms with van der Waals surface area (Å²) in [6, 6.07) is 14.7. The molecule has 134 valence electrons. The van der Waals surface area contributed by atoms with Crippen molar-refractivity contribution in [1.82, 2.24) is 20.0 Å². The van der Waals surface area contributed by atoms with Gasteiger partial charge in [-0.2, -0.15) is 5.10 Å². The number of rotatable bonds is 4. The van der Waals surface area contributed by atoms with Gasteiger partial charge in [-0.1, -0.05) is 36.4 Å². The van der Waals surface area contributed by atoms with Crippen molar-refractivity contribution in [2.24, 2.45) is 0 Å². The van der Waals surface area contributed by atoms with Gasteiger partial charge < -0.3 is 10.2 Å². The minimum atomic E-state index is -0.166. The van der Waals surface area contributed by atoms with Gasteiger partial charge in [0.2, 0.25) is 11.8 Å². The molecule has 7 nitrogen and oxygen atoms in total. The van der Waals surface area contributed by atoms with Gasteiger partial charge in [-0.25, -0.2) is 4.68 Å². The first-order valence-electron chi connectivity index (χ1n) is 8.39. The van der Waals surface area contributed by atoms with Gasteiger partial charge in [0.15, 0.2) is 5.78 Å². The van der Waals surface area contributed by atoms with Crippen LogP contribution in [0.25, 0.3) is 17.1 Å². The number of aryl methyl sites for hydroxylation is 2. The van der Waals surface area contributed by atoms with E-state index in [1.165, 1.54) is 6.20 Å². The molecule has 0 saturated heterocycles. The molecule has 0 amide bonds. The Kier molecular flexibility index (Phi) is 4.04. The highest BCUT2D eigenvalue weighted by Gasteiger charge is 2.19. The molecule has 0 fully saturated rings. The number of nitrogens with zero attached hydrogens (tertiary/aromatic N) is 4. The van der Waals surface area contributed by atoms with Crippen LogP contribution in [0.4, 0.5) is 5.82 Å². The molecule has 0 atom stereocenters. The van der Waals surface area contributed by atoms with Gasteiger partial charge >= 0.3 is 0 Å². The number of aromatic nitrogens is 4. The summed E-state index contributed by atoms with van der Waals surface area (Å²) in [6.07, 6.45) is 1.49. The SMILES string of the molecule is Cc1nnc(-c2ccc(C)c(-n3ncc(C(=O)c4ccccc4)c3N)c2)o1. The average Bonchev–Trinajstić information content (AvgIpc) is 3.28. The monoisotopic (exact) mass is 359 g/mol. The fraction of sp³-hybridized carbons (Fsp3) is 0.100. The Morgan fingerprint density at radius 3 is 2.56 bits per heavy atom. The zero-order valence-corrected chi connectivity index (χ0v) is 14.9. The van der Waals surface area contributed by atoms with E-state index >= 15 is 0 Å². The molecule has 0 bridgehead atoms. The first-order chi connectivity index (χ1) is 13.0. The van der Waals surface area contributed by atoms with Gasteiger partial charge in [0.05, 0.1) is 17.4 Å². The largest absolute Gasteiger partial charge is 0.421 e. The quantitative estimate of drug-likeness (QED) is 0.561. The van der Waals surface area contributed by atoms with Crippen molar-refractivity contribution < 1.29 is 9.21 Å². The molecule has 2 aromatic heterocycles. The van der Waals surface area contributed by atoms with Crippen molar-refractivity contribution >= 4 is 11.6 Å². The van der Waals surface area contributed by atoms with Crippen LogP contribution in [0.2, 0.25) is 0 Å². The molecule has 2 aromatic carbocycles. The molecule has 0 saturated carbocycles. The number of hydrogen-bond donors (Lipinski definition) is 1. The van der Waals surface area contributed by atoms with E-state index < -0.39 is 0 Å². The molecule has 0 unspecified atom stereocenters. The third-order valence-electron chi connectivity index (χ3n) is 4.30. The fourth-order valence-corrected chi connectivity index (χ4v) is 2.85. The van der Waals surface area contributed by atoms with E-state index in [1.807, 2.05) is 43.3 Å². The van der Waals surface area contributed by atoms with Gasteiger partial charge in [-0.05, 0) is 24.6 Å². The number of nitrogen functional groups attached to an aromatic ring is 1. The second-order valence-corrected chi connectivity index (χ2v) is 6.18. The summed E-state index contributed by atoms with van der Waals surface area (Å²) < 4.78 is 7.05. The van der Waals surface area contributed by atoms with Gasteiger partial charge in [0, 0.05) is 18.1 Å². The summed E-state index contributed by atoms with van der Waals surface area (Å²) in [5.41, 5.74) is 9.63. The first kappa shape index (κ1) is 16.7. The lowest BCUT2D eigenvalue weighted by atomic mass is 10.1. The summed E-state index contributed by atoms with van der Waals surface area (Å²) >= 11 is 0. The molecule has 0 radical (unpaired) electrons. The van der Waals surface area contributed by atoms with Crippen molar-refractivity contribution in [3.63, 3.8) is 0 Å². The third kappa shape index (κ3) is 2.99. The van der Waals surface area contributed by atoms with Crippen LogP contribution < -0.4 is 5.73 Å². The highest BCUT2D eigenvalue weighted by Crippen LogP contribution is 2.27. The Morgan fingerprint density at radius 2 is 1.85 bits per heavy atom. The molecular weight excluding hydrogens is 342 g/mol. The summed E-state index contributed by atoms with van der Waals surface area (Å²) in [5, 5.41) is 12.2. The van der Waals surface area contributed by atoms with Crippen LogP contribution in [0.1, 0.15) is 27.4 Å². The van der Waals surface area contributed by atoms with Crippen LogP contribution in [0.5, 0.6) is 0 Å². The summed E-state index contributed by atoms with van der Waals surface area (Å²) in [6.45, 7) is 3.68. The minimum absolute atomic E-state index is 0.166. The van der Waals surface area contributed by atoms with Crippen molar-refractivity contribution in [1.29, 1.82) is 0 Å². The second-order valence-electron chi connectivity index (χ2n) is 6.18. The number of nitrogens with two attached hydrogens (primary N) is 1. The highest BCUT2D eigenvalue weighted by molar-refractivity contribution is 6.11. The number of hydrogen-bond acceptors (Lipinski definition) is 6. The van der Waals surface area contributed by atoms with E-state index in [-0.39, 0.29) is 11.6 Å². The number of carbonyl (C=O) groups is 1. The Balaban J connectivity index is 1.77. The van der Waals surface area contributed by atoms with Crippen LogP contribution in [0.15, 0.2) is 59.1 Å². The maximum absolute atomic E-state index is 12.7. The average molecular weight is 359 g/mol. The standard InChI is InChI=1S/C20H17N5O2/c1-12-8-9-15(20-24-23-13(2)27-20)10-17(12)25-19(21)16(11-22-25)18(26)14-6-4-3-5-7-14/h3-11H,21H2,1-2H3. The number of anilines is 1. The van der Waals surface area contributed by atoms with Crippen molar-refractivity contribution in [2.75, 3.05) is 5.73 Å². The van der Waals surface area contributed by atoms with E-state index in [2.05, 4.69) is 15.3 Å². The number of ketones is 1. The lowest BCUT2D eigenvalue weighted by molar-refractivity contribution is 0.103. The Labute approximate surface area is 155 Å². The maximum atomic E-state index is 12.7. The molecule has 2 heterocycles. The van der Waals surface area contributed by atoms with E-state index in [0.29, 0.717) is 22.9 Å². The summed E-state index contributed by atoms with van der Waals surface area (Å²) in [7, 11) is 0. The molecule has 0 aliphatic heterocycles. The predicted octanol–water partition coefficient (Wildman–Crippen LogP) is 3.35. The number of benzene rings is 2. The molecule has 0 spiro atoms. The normalized spacial score (nSPS) is 10.9. The van der Waals surface area contributed by atoms with Crippen LogP contribution in [0.3, 0.4) is 0 Å². The zero-order valence-electron chi connectivity index (χ0n) is 14.9. The van der Waals surface area contributed by atoms with Gasteiger partial charge in [-0.15, -0.1) is 10.2 Å². The van der Waals surface area contributed by atoms with Crippen molar-refractivity contribution in [3.8, 4) is 17.1 Å². The zero-order chi connectivity index (χ0) is 19.0. The minimum Gasteiger partial charge on any atom is -0.421 e. The van der Waals surface area contributed by atoms with Crippen LogP contribution in [0, 0.1) is 13.8 Å². The molecular formula is C20H17N5O2. The van der Waals surface area contributed by atoms with E-state index in [1.54, 1.807) is 23.7 Å². The van der Waals surface area contributed by atoms with E-state index in [4.69, 9.17) is 10.2 Å². The third-order valence-corrected chi connectivity index (χ3v) is 4.30. The Bertz CT molecular complexity index is 1130. The lowest BCUT2D eigenvalue weighted by Crippen LogP contribution is -2.08. The second kappa shape index (κ2) is 6.53. The fourth-order valence-electron chi connectivity index (χ4n) is 2.85. The highest BCUT2D eigenvalue weighted by atomic mass is 16.4. The Hall–Kier alpha value is -3.74. The number of carbonyl (C=O) groups excluding carboxylic acids is 1. The van der Waals surface area contributed by atoms with Crippen molar-refractivity contribution in [2.45, 2.75) is 13.8 Å². The van der Waals surface area contributed by atoms with Crippen molar-refractivity contribution in [3.05, 3.63) is 77.3 Å². The Morgan fingerprint density at radius 1 is 1.07 bits per heavy atom. The van der Waals surface area contributed by atoms with Crippen LogP contribution in [-0.4, -0.2) is 25.8 Å². The maximum Gasteiger partial charge on any atom is 0.247 e. The lowest BCUT2D eigenvalue weighted by Gasteiger charge is -2.10. The van der Waals surface area contributed by atoms with E-state index in [9.17, 15) is 4.79 Å². The molecule has 4 rings (SSSR count). The van der Waals surface area contributed by atoms with Crippen LogP contribution in [-0.2, 0) is 0 Å². The van der Waals surface area contributed by atoms with Gasteiger partial charge in [-0.3, -0.25) is 4.79 Å². The van der Waals surface area contributed by atoms with Gasteiger partial charge in [0.1, 0.15) is 5.82 Å². The van der Waals surface area contributed by atoms with E-state index in [0.717, 1.165) is 16.8 Å². The summed E-state index contributed by atoms with van der Waals surface area (Å²) in [4.78, 5) is 12.7. The molecule has 2 N–H and O–H groups in total. The molecule has 27 heavy (non-hydrogen) atoms. The first-order valence-corrected chi connectivity index (χ1v) is 8.39. The molecule has 4 aromatic rings. The predicted molar refractivity (Wildman–Crippen MR) is 101 cm³/mol. The topological polar surface area (TPSA) is 99.8 Å². The van der Waals surface area contributed by atoms with Crippen LogP contribution >= 0.6 is 0 Å². The molecule has 0 aliphatic rings. The summed E-state index contributed by atoms with van der Waals surface area (Å²) in [5.74, 6) is 1.02. The molecule has 0 aliphatic carbocycles. The smallest absolute Gasteiger partial charge is 0.247 e.